The molecule has 0 unspecified atom stereocenters. The number of carbonyl (C=O) groups excluding carboxylic acids is 2. The summed E-state index contributed by atoms with van der Waals surface area (Å²) in [5, 5.41) is 0. The first kappa shape index (κ1) is 18.6. The van der Waals surface area contributed by atoms with E-state index in [1.165, 1.54) is 0 Å². The summed E-state index contributed by atoms with van der Waals surface area (Å²) in [7, 11) is 0. The summed E-state index contributed by atoms with van der Waals surface area (Å²) in [6, 6.07) is 11.6. The second-order valence-electron chi connectivity index (χ2n) is 6.40. The summed E-state index contributed by atoms with van der Waals surface area (Å²) in [6.07, 6.45) is 5.27. The van der Waals surface area contributed by atoms with E-state index in [-0.39, 0.29) is 11.8 Å². The van der Waals surface area contributed by atoms with Gasteiger partial charge in [0.05, 0.1) is 5.56 Å². The van der Waals surface area contributed by atoms with E-state index in [0.29, 0.717) is 38.2 Å². The Morgan fingerprint density at radius 3 is 2.62 bits per heavy atom. The van der Waals surface area contributed by atoms with E-state index in [1.807, 2.05) is 34.1 Å². The first-order valence-electron chi connectivity index (χ1n) is 8.85. The Balaban J connectivity index is 1.53. The van der Waals surface area contributed by atoms with Gasteiger partial charge in [-0.3, -0.25) is 14.6 Å². The summed E-state index contributed by atoms with van der Waals surface area (Å²) < 4.78 is 1.03. The van der Waals surface area contributed by atoms with Gasteiger partial charge in [0.15, 0.2) is 0 Å². The largest absolute Gasteiger partial charge is 0.341 e. The van der Waals surface area contributed by atoms with Crippen molar-refractivity contribution in [2.45, 2.75) is 19.3 Å². The Hall–Kier alpha value is -2.21. The van der Waals surface area contributed by atoms with Gasteiger partial charge in [-0.15, -0.1) is 0 Å². The lowest BCUT2D eigenvalue weighted by atomic mass is 10.1. The molecule has 0 atom stereocenters. The highest BCUT2D eigenvalue weighted by atomic mass is 79.9. The van der Waals surface area contributed by atoms with Crippen LogP contribution < -0.4 is 0 Å². The Labute approximate surface area is 162 Å². The second kappa shape index (κ2) is 8.94. The molecule has 2 amide bonds. The number of rotatable bonds is 4. The van der Waals surface area contributed by atoms with Crippen LogP contribution in [-0.2, 0) is 11.2 Å². The number of carbonyl (C=O) groups is 2. The maximum absolute atomic E-state index is 12.6. The number of pyridine rings is 1. The van der Waals surface area contributed by atoms with Gasteiger partial charge in [-0.1, -0.05) is 28.1 Å². The fraction of sp³-hybridized carbons (Fsp3) is 0.350. The van der Waals surface area contributed by atoms with Crippen molar-refractivity contribution in [1.82, 2.24) is 14.8 Å². The number of benzene rings is 1. The maximum Gasteiger partial charge on any atom is 0.255 e. The van der Waals surface area contributed by atoms with Crippen LogP contribution in [0.3, 0.4) is 0 Å². The zero-order valence-corrected chi connectivity index (χ0v) is 16.2. The van der Waals surface area contributed by atoms with Crippen LogP contribution in [-0.4, -0.2) is 52.8 Å². The highest BCUT2D eigenvalue weighted by Gasteiger charge is 2.22. The summed E-state index contributed by atoms with van der Waals surface area (Å²) in [4.78, 5) is 32.8. The normalized spacial score (nSPS) is 14.8. The van der Waals surface area contributed by atoms with E-state index in [0.717, 1.165) is 22.9 Å². The molecule has 1 aliphatic heterocycles. The molecule has 0 aliphatic carbocycles. The summed E-state index contributed by atoms with van der Waals surface area (Å²) in [5.41, 5.74) is 1.75. The van der Waals surface area contributed by atoms with Crippen molar-refractivity contribution in [2.75, 3.05) is 26.2 Å². The van der Waals surface area contributed by atoms with Crippen LogP contribution in [0.1, 0.15) is 28.8 Å². The van der Waals surface area contributed by atoms with E-state index >= 15 is 0 Å². The van der Waals surface area contributed by atoms with Crippen LogP contribution in [0.4, 0.5) is 0 Å². The molecule has 1 aromatic carbocycles. The van der Waals surface area contributed by atoms with Gasteiger partial charge in [0.1, 0.15) is 0 Å². The third kappa shape index (κ3) is 4.91. The van der Waals surface area contributed by atoms with Gasteiger partial charge in [0.25, 0.3) is 5.91 Å². The molecule has 1 saturated heterocycles. The van der Waals surface area contributed by atoms with E-state index in [2.05, 4.69) is 20.9 Å². The van der Waals surface area contributed by atoms with Crippen LogP contribution in [0.25, 0.3) is 0 Å². The molecule has 26 heavy (non-hydrogen) atoms. The van der Waals surface area contributed by atoms with Gasteiger partial charge in [-0.05, 0) is 42.7 Å². The number of nitrogens with zero attached hydrogens (tertiary/aromatic N) is 3. The van der Waals surface area contributed by atoms with E-state index in [9.17, 15) is 9.59 Å². The lowest BCUT2D eigenvalue weighted by molar-refractivity contribution is -0.131. The Kier molecular flexibility index (Phi) is 6.39. The Bertz CT molecular complexity index is 767. The average Bonchev–Trinajstić information content (AvgIpc) is 2.92. The molecule has 2 aromatic rings. The van der Waals surface area contributed by atoms with Gasteiger partial charge in [-0.2, -0.15) is 0 Å². The van der Waals surface area contributed by atoms with E-state index in [4.69, 9.17) is 0 Å². The molecule has 136 valence electrons. The molecule has 0 spiro atoms. The number of hydrogen-bond donors (Lipinski definition) is 0. The summed E-state index contributed by atoms with van der Waals surface area (Å²) >= 11 is 3.46. The number of aromatic nitrogens is 1. The fourth-order valence-electron chi connectivity index (χ4n) is 3.14. The van der Waals surface area contributed by atoms with E-state index in [1.54, 1.807) is 24.5 Å². The molecule has 1 aromatic heterocycles. The van der Waals surface area contributed by atoms with E-state index < -0.39 is 0 Å². The van der Waals surface area contributed by atoms with Gasteiger partial charge in [-0.25, -0.2) is 0 Å². The summed E-state index contributed by atoms with van der Waals surface area (Å²) in [5.74, 6) is 0.141. The molecule has 0 N–H and O–H groups in total. The lowest BCUT2D eigenvalue weighted by Gasteiger charge is -2.22. The Morgan fingerprint density at radius 1 is 1.04 bits per heavy atom. The van der Waals surface area contributed by atoms with Gasteiger partial charge in [0.2, 0.25) is 5.91 Å². The smallest absolute Gasteiger partial charge is 0.255 e. The highest BCUT2D eigenvalue weighted by molar-refractivity contribution is 9.10. The quantitative estimate of drug-likeness (QED) is 0.770. The molecule has 0 saturated carbocycles. The van der Waals surface area contributed by atoms with Crippen molar-refractivity contribution in [3.05, 3.63) is 64.4 Å². The van der Waals surface area contributed by atoms with Crippen molar-refractivity contribution in [1.29, 1.82) is 0 Å². The minimum Gasteiger partial charge on any atom is -0.341 e. The number of amides is 2. The molecule has 0 bridgehead atoms. The third-order valence-corrected chi connectivity index (χ3v) is 5.05. The number of hydrogen-bond acceptors (Lipinski definition) is 3. The zero-order chi connectivity index (χ0) is 18.4. The Morgan fingerprint density at radius 2 is 1.85 bits per heavy atom. The molecule has 0 radical (unpaired) electrons. The third-order valence-electron chi connectivity index (χ3n) is 4.56. The minimum atomic E-state index is -0.0125. The molecule has 3 rings (SSSR count). The first-order chi connectivity index (χ1) is 12.6. The average molecular weight is 416 g/mol. The predicted molar refractivity (Wildman–Crippen MR) is 104 cm³/mol. The predicted octanol–water partition coefficient (Wildman–Crippen LogP) is 3.15. The highest BCUT2D eigenvalue weighted by Crippen LogP contribution is 2.14. The van der Waals surface area contributed by atoms with Gasteiger partial charge >= 0.3 is 0 Å². The monoisotopic (exact) mass is 415 g/mol. The molecule has 2 heterocycles. The molecule has 5 nitrogen and oxygen atoms in total. The van der Waals surface area contributed by atoms with Crippen LogP contribution in [0, 0.1) is 0 Å². The first-order valence-corrected chi connectivity index (χ1v) is 9.64. The van der Waals surface area contributed by atoms with Crippen molar-refractivity contribution >= 4 is 27.7 Å². The van der Waals surface area contributed by atoms with Crippen LogP contribution >= 0.6 is 15.9 Å². The molecular formula is C20H22BrN3O2. The SMILES string of the molecule is O=C(CCc1cccc(Br)c1)N1CCCN(C(=O)c2cccnc2)CC1. The van der Waals surface area contributed by atoms with Gasteiger partial charge < -0.3 is 9.80 Å². The van der Waals surface area contributed by atoms with Crippen LogP contribution in [0.2, 0.25) is 0 Å². The molecule has 6 heteroatoms. The van der Waals surface area contributed by atoms with Crippen molar-refractivity contribution in [2.24, 2.45) is 0 Å². The minimum absolute atomic E-state index is 0.0125. The van der Waals surface area contributed by atoms with Crippen LogP contribution in [0.5, 0.6) is 0 Å². The van der Waals surface area contributed by atoms with Crippen molar-refractivity contribution in [3.63, 3.8) is 0 Å². The van der Waals surface area contributed by atoms with Gasteiger partial charge in [0, 0.05) is 49.5 Å². The fourth-order valence-corrected chi connectivity index (χ4v) is 3.59. The maximum atomic E-state index is 12.6. The summed E-state index contributed by atoms with van der Waals surface area (Å²) in [6.45, 7) is 2.52. The van der Waals surface area contributed by atoms with Crippen LogP contribution in [0.15, 0.2) is 53.3 Å². The van der Waals surface area contributed by atoms with Crippen molar-refractivity contribution in [3.8, 4) is 0 Å². The van der Waals surface area contributed by atoms with Crippen molar-refractivity contribution < 1.29 is 9.59 Å². The molecule has 1 fully saturated rings. The topological polar surface area (TPSA) is 53.5 Å². The molecular weight excluding hydrogens is 394 g/mol. The standard InChI is InChI=1S/C20H22BrN3O2/c21-18-6-1-4-16(14-18)7-8-19(25)23-10-3-11-24(13-12-23)20(26)17-5-2-9-22-15-17/h1-2,4-6,9,14-15H,3,7-8,10-13H2. The number of halogens is 1. The lowest BCUT2D eigenvalue weighted by Crippen LogP contribution is -2.37. The molecule has 1 aliphatic rings. The zero-order valence-electron chi connectivity index (χ0n) is 14.6. The number of aryl methyl sites for hydroxylation is 1. The second-order valence-corrected chi connectivity index (χ2v) is 7.31.